The number of aromatic nitrogens is 3. The van der Waals surface area contributed by atoms with Crippen LogP contribution in [0.3, 0.4) is 0 Å². The predicted octanol–water partition coefficient (Wildman–Crippen LogP) is 3.03. The first-order valence-corrected chi connectivity index (χ1v) is 17.3. The summed E-state index contributed by atoms with van der Waals surface area (Å²) in [6.07, 6.45) is 6.96. The fourth-order valence-corrected chi connectivity index (χ4v) is 5.57. The molecule has 4 rings (SSSR count). The van der Waals surface area contributed by atoms with Crippen LogP contribution in [0, 0.1) is 11.6 Å². The first-order valence-electron chi connectivity index (χ1n) is 17.3. The summed E-state index contributed by atoms with van der Waals surface area (Å²) < 4.78 is 35.8. The molecule has 2 aromatic carbocycles. The third kappa shape index (κ3) is 10.4. The van der Waals surface area contributed by atoms with Crippen molar-refractivity contribution in [1.29, 1.82) is 0 Å². The van der Waals surface area contributed by atoms with Gasteiger partial charge in [0.25, 0.3) is 5.91 Å². The van der Waals surface area contributed by atoms with Crippen LogP contribution in [-0.2, 0) is 20.8 Å². The number of ether oxygens (including phenoxy) is 1. The van der Waals surface area contributed by atoms with Gasteiger partial charge in [0.05, 0.1) is 25.0 Å². The van der Waals surface area contributed by atoms with Gasteiger partial charge >= 0.3 is 5.97 Å². The largest absolute Gasteiger partial charge is 0.494 e. The van der Waals surface area contributed by atoms with E-state index in [1.807, 2.05) is 13.0 Å². The molecule has 0 aliphatic carbocycles. The summed E-state index contributed by atoms with van der Waals surface area (Å²) in [4.78, 5) is 58.0. The van der Waals surface area contributed by atoms with Crippen LogP contribution in [0.1, 0.15) is 61.4 Å². The number of imidazole rings is 1. The van der Waals surface area contributed by atoms with Crippen LogP contribution in [0.15, 0.2) is 48.9 Å². The van der Waals surface area contributed by atoms with Crippen LogP contribution < -0.4 is 37.5 Å². The molecule has 1 unspecified atom stereocenters. The van der Waals surface area contributed by atoms with E-state index in [1.165, 1.54) is 31.6 Å². The number of amides is 3. The molecule has 0 spiro atoms. The number of carboxylic acids is 1. The number of nitrogens with zero attached hydrogens (tertiary/aromatic N) is 3. The van der Waals surface area contributed by atoms with E-state index in [-0.39, 0.29) is 49.1 Å². The number of carboxylic acid groups (broad SMARTS) is 1. The van der Waals surface area contributed by atoms with E-state index in [2.05, 4.69) is 31.2 Å². The Bertz CT molecular complexity index is 1920. The highest BCUT2D eigenvalue weighted by Gasteiger charge is 2.24. The first-order chi connectivity index (χ1) is 25.5. The van der Waals surface area contributed by atoms with Gasteiger partial charge in [0.2, 0.25) is 17.6 Å². The Balaban J connectivity index is 1.27. The summed E-state index contributed by atoms with van der Waals surface area (Å²) in [5.74, 6) is -4.56. The van der Waals surface area contributed by atoms with Gasteiger partial charge in [-0.3, -0.25) is 18.8 Å². The summed E-state index contributed by atoms with van der Waals surface area (Å²) >= 11 is 0. The van der Waals surface area contributed by atoms with Gasteiger partial charge in [-0.05, 0) is 74.5 Å². The number of carbonyl (C=O) groups excluding carboxylic acids is 3. The van der Waals surface area contributed by atoms with Gasteiger partial charge in [-0.1, -0.05) is 13.3 Å². The number of fused-ring (bicyclic) bond motifs is 1. The maximum absolute atomic E-state index is 14.9. The quantitative estimate of drug-likeness (QED) is 0.0653. The number of methoxy groups -OCH3 is 1. The van der Waals surface area contributed by atoms with E-state index in [4.69, 9.17) is 16.2 Å². The highest BCUT2D eigenvalue weighted by Crippen LogP contribution is 2.31. The molecule has 0 saturated heterocycles. The van der Waals surface area contributed by atoms with Crippen LogP contribution in [0.4, 0.5) is 20.3 Å². The molecule has 4 aromatic rings. The van der Waals surface area contributed by atoms with Crippen molar-refractivity contribution in [2.45, 2.75) is 64.0 Å². The molecule has 0 saturated carbocycles. The highest BCUT2D eigenvalue weighted by molar-refractivity contribution is 5.96. The number of nitrogens with two attached hydrogens (primary N) is 2. The van der Waals surface area contributed by atoms with Gasteiger partial charge in [0, 0.05) is 48.7 Å². The Morgan fingerprint density at radius 3 is 2.49 bits per heavy atom. The third-order valence-corrected chi connectivity index (χ3v) is 8.51. The predicted molar refractivity (Wildman–Crippen MR) is 194 cm³/mol. The summed E-state index contributed by atoms with van der Waals surface area (Å²) in [6.45, 7) is 2.89. The van der Waals surface area contributed by atoms with Crippen molar-refractivity contribution in [1.82, 2.24) is 30.3 Å². The number of anilines is 2. The lowest BCUT2D eigenvalue weighted by Gasteiger charge is -2.17. The molecule has 2 heterocycles. The van der Waals surface area contributed by atoms with Gasteiger partial charge < -0.3 is 42.6 Å². The number of aryl methyl sites for hydroxylation is 1. The minimum absolute atomic E-state index is 0.00132. The Labute approximate surface area is 304 Å². The van der Waals surface area contributed by atoms with Crippen LogP contribution in [0.5, 0.6) is 5.75 Å². The number of unbranched alkanes of at least 4 members (excludes halogenated alkanes) is 1. The molecule has 284 valence electrons. The lowest BCUT2D eigenvalue weighted by atomic mass is 10.0. The molecule has 0 radical (unpaired) electrons. The van der Waals surface area contributed by atoms with Crippen molar-refractivity contribution in [3.63, 3.8) is 0 Å². The second-order valence-corrected chi connectivity index (χ2v) is 12.2. The monoisotopic (exact) mass is 737 g/mol. The second-order valence-electron chi connectivity index (χ2n) is 12.2. The van der Waals surface area contributed by atoms with Crippen LogP contribution >= 0.6 is 0 Å². The van der Waals surface area contributed by atoms with Crippen molar-refractivity contribution in [3.8, 4) is 17.0 Å². The standard InChI is InChI=1S/C36H45F2N9O6/c1-3-21-19-22(45-32-33-44-20-27(47(33)18-17-42-32)24-10-12-28(53-2)31(38)30(24)37)8-9-23(21)34(49)43-16-6-15-41-29(48)13-11-26(36(51)52)46-35(50)25(40)7-4-5-14-39/h8-10,12,17-20,25-26H,3-7,11,13-16,39-40H2,1-2H3,(H,41,48)(H,42,45)(H,43,49)(H,46,50)(H,51,52)/t25?,26-/m0/s1. The number of aliphatic carboxylic acids is 1. The molecule has 3 amide bonds. The van der Waals surface area contributed by atoms with Gasteiger partial charge in [0.15, 0.2) is 23.0 Å². The van der Waals surface area contributed by atoms with Crippen molar-refractivity contribution < 1.29 is 37.8 Å². The molecular formula is C36H45F2N9O6. The molecule has 53 heavy (non-hydrogen) atoms. The number of nitrogens with one attached hydrogen (secondary N) is 4. The number of hydrogen-bond donors (Lipinski definition) is 7. The molecule has 0 aliphatic rings. The van der Waals surface area contributed by atoms with E-state index in [1.54, 1.807) is 22.7 Å². The minimum Gasteiger partial charge on any atom is -0.494 e. The first kappa shape index (κ1) is 40.1. The van der Waals surface area contributed by atoms with E-state index in [0.717, 1.165) is 5.56 Å². The number of rotatable bonds is 20. The molecule has 17 heteroatoms. The number of halogens is 2. The smallest absolute Gasteiger partial charge is 0.326 e. The Morgan fingerprint density at radius 1 is 1.00 bits per heavy atom. The van der Waals surface area contributed by atoms with Crippen molar-refractivity contribution >= 4 is 40.8 Å². The van der Waals surface area contributed by atoms with E-state index in [9.17, 15) is 33.1 Å². The molecule has 9 N–H and O–H groups in total. The maximum Gasteiger partial charge on any atom is 0.326 e. The molecule has 2 aromatic heterocycles. The minimum atomic E-state index is -1.26. The fourth-order valence-electron chi connectivity index (χ4n) is 5.57. The molecule has 0 bridgehead atoms. The zero-order chi connectivity index (χ0) is 38.5. The molecular weight excluding hydrogens is 692 g/mol. The normalized spacial score (nSPS) is 12.2. The van der Waals surface area contributed by atoms with Crippen LogP contribution in [0.25, 0.3) is 16.9 Å². The summed E-state index contributed by atoms with van der Waals surface area (Å²) in [7, 11) is 1.26. The third-order valence-electron chi connectivity index (χ3n) is 8.51. The summed E-state index contributed by atoms with van der Waals surface area (Å²) in [5, 5.41) is 20.6. The Kier molecular flexibility index (Phi) is 14.6. The van der Waals surface area contributed by atoms with Crippen molar-refractivity contribution in [2.24, 2.45) is 11.5 Å². The topological polar surface area (TPSA) is 228 Å². The Morgan fingerprint density at radius 2 is 1.77 bits per heavy atom. The summed E-state index contributed by atoms with van der Waals surface area (Å²) in [5.41, 5.74) is 13.8. The molecule has 0 fully saturated rings. The van der Waals surface area contributed by atoms with Gasteiger partial charge in [-0.2, -0.15) is 4.39 Å². The van der Waals surface area contributed by atoms with Gasteiger partial charge in [0.1, 0.15) is 6.04 Å². The number of hydrogen-bond acceptors (Lipinski definition) is 10. The second kappa shape index (κ2) is 19.2. The van der Waals surface area contributed by atoms with E-state index >= 15 is 0 Å². The lowest BCUT2D eigenvalue weighted by molar-refractivity contribution is -0.142. The van der Waals surface area contributed by atoms with Crippen LogP contribution in [-0.4, -0.2) is 82.0 Å². The summed E-state index contributed by atoms with van der Waals surface area (Å²) in [6, 6.07) is 5.84. The van der Waals surface area contributed by atoms with E-state index < -0.39 is 35.6 Å². The average molecular weight is 738 g/mol. The van der Waals surface area contributed by atoms with Gasteiger partial charge in [-0.25, -0.2) is 19.2 Å². The van der Waals surface area contributed by atoms with Crippen LogP contribution in [0.2, 0.25) is 0 Å². The maximum atomic E-state index is 14.9. The number of benzene rings is 2. The molecule has 15 nitrogen and oxygen atoms in total. The molecule has 0 aliphatic heterocycles. The van der Waals surface area contributed by atoms with Crippen molar-refractivity contribution in [2.75, 3.05) is 32.1 Å². The van der Waals surface area contributed by atoms with Crippen molar-refractivity contribution in [3.05, 3.63) is 71.7 Å². The zero-order valence-electron chi connectivity index (χ0n) is 29.6. The lowest BCUT2D eigenvalue weighted by Crippen LogP contribution is -2.48. The Hall–Kier alpha value is -5.68. The fraction of sp³-hybridized carbons (Fsp3) is 0.389. The van der Waals surface area contributed by atoms with Gasteiger partial charge in [-0.15, -0.1) is 0 Å². The van der Waals surface area contributed by atoms with E-state index in [0.29, 0.717) is 67.1 Å². The highest BCUT2D eigenvalue weighted by atomic mass is 19.2. The zero-order valence-corrected chi connectivity index (χ0v) is 29.6. The average Bonchev–Trinajstić information content (AvgIpc) is 3.58. The SMILES string of the molecule is CCc1cc(Nc2nccn3c(-c4ccc(OC)c(F)c4F)cnc23)ccc1C(=O)NCCCNC(=O)CC[C@H](NC(=O)C(N)CCCCN)C(=O)O. The number of carbonyl (C=O) groups is 4. The molecule has 2 atom stereocenters.